The number of benzene rings is 1. The van der Waals surface area contributed by atoms with Crippen LogP contribution in [0.1, 0.15) is 33.3 Å². The van der Waals surface area contributed by atoms with E-state index in [1.165, 1.54) is 10.4 Å². The third-order valence-electron chi connectivity index (χ3n) is 2.98. The molecular weight excluding hydrogens is 317 g/mol. The lowest BCUT2D eigenvalue weighted by atomic mass is 10.2. The van der Waals surface area contributed by atoms with E-state index in [2.05, 4.69) is 0 Å². The molecule has 0 unspecified atom stereocenters. The molecule has 0 atom stereocenters. The Balaban J connectivity index is 3.38. The summed E-state index contributed by atoms with van der Waals surface area (Å²) in [5.74, 6) is -0.716. The Labute approximate surface area is 130 Å². The van der Waals surface area contributed by atoms with Gasteiger partial charge in [-0.25, -0.2) is 12.8 Å². The van der Waals surface area contributed by atoms with Crippen molar-refractivity contribution in [2.24, 2.45) is 5.92 Å². The van der Waals surface area contributed by atoms with E-state index in [1.807, 2.05) is 13.8 Å². The van der Waals surface area contributed by atoms with Crippen molar-refractivity contribution in [2.45, 2.75) is 45.2 Å². The van der Waals surface area contributed by atoms with Crippen molar-refractivity contribution < 1.29 is 17.9 Å². The van der Waals surface area contributed by atoms with Gasteiger partial charge in [0.15, 0.2) is 0 Å². The first kappa shape index (κ1) is 18.4. The van der Waals surface area contributed by atoms with Crippen LogP contribution in [-0.2, 0) is 16.6 Å². The predicted octanol–water partition coefficient (Wildman–Crippen LogP) is 3.03. The molecule has 0 amide bonds. The average Bonchev–Trinajstić information content (AvgIpc) is 2.38. The number of sulfonamides is 1. The van der Waals surface area contributed by atoms with Crippen LogP contribution in [-0.4, -0.2) is 30.4 Å². The highest BCUT2D eigenvalue weighted by molar-refractivity contribution is 7.89. The Morgan fingerprint density at radius 2 is 1.86 bits per heavy atom. The highest BCUT2D eigenvalue weighted by Crippen LogP contribution is 2.27. The van der Waals surface area contributed by atoms with E-state index in [1.54, 1.807) is 13.8 Å². The minimum absolute atomic E-state index is 0.0588. The Hall–Kier alpha value is -0.690. The molecule has 0 spiro atoms. The molecule has 0 fully saturated rings. The van der Waals surface area contributed by atoms with Gasteiger partial charge in [-0.05, 0) is 31.9 Å². The van der Waals surface area contributed by atoms with E-state index in [-0.39, 0.29) is 27.4 Å². The number of halogens is 2. The van der Waals surface area contributed by atoms with Crippen molar-refractivity contribution >= 4 is 21.6 Å². The molecule has 1 N–H and O–H groups in total. The minimum atomic E-state index is -3.84. The summed E-state index contributed by atoms with van der Waals surface area (Å²) >= 11 is 5.70. The van der Waals surface area contributed by atoms with E-state index in [9.17, 15) is 12.8 Å². The number of aliphatic hydroxyl groups excluding tert-OH is 1. The number of hydrogen-bond acceptors (Lipinski definition) is 3. The summed E-state index contributed by atoms with van der Waals surface area (Å²) in [7, 11) is -3.84. The summed E-state index contributed by atoms with van der Waals surface area (Å²) in [6, 6.07) is 1.86. The molecule has 21 heavy (non-hydrogen) atoms. The second-order valence-electron chi connectivity index (χ2n) is 5.60. The van der Waals surface area contributed by atoms with Gasteiger partial charge in [-0.2, -0.15) is 4.31 Å². The molecule has 0 bridgehead atoms. The number of hydrogen-bond donors (Lipinski definition) is 1. The van der Waals surface area contributed by atoms with E-state index in [0.717, 1.165) is 6.07 Å². The molecule has 0 heterocycles. The maximum Gasteiger partial charge on any atom is 0.243 e. The fourth-order valence-corrected chi connectivity index (χ4v) is 4.00. The molecule has 0 aliphatic rings. The van der Waals surface area contributed by atoms with Crippen LogP contribution in [0, 0.1) is 11.7 Å². The zero-order valence-corrected chi connectivity index (χ0v) is 14.2. The molecule has 0 radical (unpaired) electrons. The second-order valence-corrected chi connectivity index (χ2v) is 7.87. The molecular formula is C14H21ClFNO3S. The van der Waals surface area contributed by atoms with Crippen molar-refractivity contribution in [3.8, 4) is 0 Å². The van der Waals surface area contributed by atoms with Crippen molar-refractivity contribution in [3.63, 3.8) is 0 Å². The molecule has 1 rings (SSSR count). The number of rotatable bonds is 6. The van der Waals surface area contributed by atoms with Gasteiger partial charge in [-0.3, -0.25) is 0 Å². The smallest absolute Gasteiger partial charge is 0.243 e. The lowest BCUT2D eigenvalue weighted by Crippen LogP contribution is -2.39. The Bertz CT molecular complexity index is 602. The third-order valence-corrected chi connectivity index (χ3v) is 5.42. The highest BCUT2D eigenvalue weighted by atomic mass is 35.5. The summed E-state index contributed by atoms with van der Waals surface area (Å²) in [6.45, 7) is 7.15. The van der Waals surface area contributed by atoms with Gasteiger partial charge in [0.05, 0.1) is 16.5 Å². The maximum absolute atomic E-state index is 13.8. The van der Waals surface area contributed by atoms with Crippen molar-refractivity contribution in [1.82, 2.24) is 4.31 Å². The van der Waals surface area contributed by atoms with Crippen LogP contribution in [0.25, 0.3) is 0 Å². The van der Waals surface area contributed by atoms with Gasteiger partial charge in [0.25, 0.3) is 0 Å². The first-order valence-electron chi connectivity index (χ1n) is 6.71. The van der Waals surface area contributed by atoms with E-state index in [4.69, 9.17) is 16.7 Å². The zero-order valence-electron chi connectivity index (χ0n) is 12.6. The first-order valence-corrected chi connectivity index (χ1v) is 8.53. The SMILES string of the molecule is CC(C)CN(C(C)C)S(=O)(=O)c1cc(F)c(Cl)c(CO)c1. The molecule has 1 aromatic carbocycles. The van der Waals surface area contributed by atoms with E-state index < -0.39 is 22.4 Å². The van der Waals surface area contributed by atoms with Crippen LogP contribution in [0.4, 0.5) is 4.39 Å². The van der Waals surface area contributed by atoms with Gasteiger partial charge in [-0.1, -0.05) is 25.4 Å². The van der Waals surface area contributed by atoms with Crippen molar-refractivity contribution in [1.29, 1.82) is 0 Å². The molecule has 0 saturated heterocycles. The molecule has 120 valence electrons. The summed E-state index contributed by atoms with van der Waals surface area (Å²) in [4.78, 5) is -0.192. The van der Waals surface area contributed by atoms with Crippen LogP contribution in [0.5, 0.6) is 0 Å². The molecule has 1 aromatic rings. The fourth-order valence-electron chi connectivity index (χ4n) is 1.96. The summed E-state index contributed by atoms with van der Waals surface area (Å²) in [6.07, 6.45) is 0. The minimum Gasteiger partial charge on any atom is -0.392 e. The monoisotopic (exact) mass is 337 g/mol. The summed E-state index contributed by atoms with van der Waals surface area (Å²) < 4.78 is 40.4. The fraction of sp³-hybridized carbons (Fsp3) is 0.571. The lowest BCUT2D eigenvalue weighted by molar-refractivity contribution is 0.281. The standard InChI is InChI=1S/C14H21ClFNO3S/c1-9(2)7-17(10(3)4)21(19,20)12-5-11(8-18)14(15)13(16)6-12/h5-6,9-10,18H,7-8H2,1-4H3. The largest absolute Gasteiger partial charge is 0.392 e. The Morgan fingerprint density at radius 1 is 1.29 bits per heavy atom. The van der Waals surface area contributed by atoms with Crippen LogP contribution in [0.3, 0.4) is 0 Å². The Kier molecular flexibility index (Phi) is 6.16. The van der Waals surface area contributed by atoms with Gasteiger partial charge in [0.1, 0.15) is 5.82 Å². The van der Waals surface area contributed by atoms with Gasteiger partial charge in [0.2, 0.25) is 10.0 Å². The van der Waals surface area contributed by atoms with Crippen LogP contribution in [0.15, 0.2) is 17.0 Å². The van der Waals surface area contributed by atoms with Crippen LogP contribution in [0.2, 0.25) is 5.02 Å². The third kappa shape index (κ3) is 4.16. The summed E-state index contributed by atoms with van der Waals surface area (Å²) in [5, 5.41) is 8.91. The molecule has 7 heteroatoms. The maximum atomic E-state index is 13.8. The molecule has 0 aromatic heterocycles. The van der Waals surface area contributed by atoms with Gasteiger partial charge < -0.3 is 5.11 Å². The number of nitrogens with zero attached hydrogens (tertiary/aromatic N) is 1. The van der Waals surface area contributed by atoms with Gasteiger partial charge >= 0.3 is 0 Å². The Morgan fingerprint density at radius 3 is 2.29 bits per heavy atom. The van der Waals surface area contributed by atoms with Gasteiger partial charge in [0, 0.05) is 18.2 Å². The average molecular weight is 338 g/mol. The van der Waals surface area contributed by atoms with Crippen molar-refractivity contribution in [3.05, 3.63) is 28.5 Å². The quantitative estimate of drug-likeness (QED) is 0.868. The highest BCUT2D eigenvalue weighted by Gasteiger charge is 2.29. The molecule has 4 nitrogen and oxygen atoms in total. The second kappa shape index (κ2) is 7.05. The molecule has 0 saturated carbocycles. The lowest BCUT2D eigenvalue weighted by Gasteiger charge is -2.27. The summed E-state index contributed by atoms with van der Waals surface area (Å²) in [5.41, 5.74) is 0.0588. The topological polar surface area (TPSA) is 57.6 Å². The van der Waals surface area contributed by atoms with Crippen molar-refractivity contribution in [2.75, 3.05) is 6.54 Å². The zero-order chi connectivity index (χ0) is 16.4. The van der Waals surface area contributed by atoms with Crippen LogP contribution < -0.4 is 0 Å². The van der Waals surface area contributed by atoms with E-state index in [0.29, 0.717) is 6.54 Å². The van der Waals surface area contributed by atoms with Crippen LogP contribution >= 0.6 is 11.6 Å². The normalized spacial score (nSPS) is 12.7. The molecule has 0 aliphatic carbocycles. The number of aliphatic hydroxyl groups is 1. The predicted molar refractivity (Wildman–Crippen MR) is 81.2 cm³/mol. The van der Waals surface area contributed by atoms with Gasteiger partial charge in [-0.15, -0.1) is 0 Å². The van der Waals surface area contributed by atoms with E-state index >= 15 is 0 Å². The first-order chi connectivity index (χ1) is 9.61. The molecule has 0 aliphatic heterocycles.